The fraction of sp³-hybridized carbons (Fsp3) is 0.692. The van der Waals surface area contributed by atoms with Crippen LogP contribution in [0.25, 0.3) is 0 Å². The van der Waals surface area contributed by atoms with Gasteiger partial charge in [0.1, 0.15) is 5.76 Å². The molecular formula is C13H24N2O4S. The molecule has 0 aliphatic rings. The number of furan rings is 1. The van der Waals surface area contributed by atoms with Gasteiger partial charge in [0, 0.05) is 12.1 Å². The van der Waals surface area contributed by atoms with Gasteiger partial charge in [-0.15, -0.1) is 0 Å². The SMILES string of the molecule is CC(C)NCc1ccc(S(=O)(=O)NC(CO)C(C)C)o1. The largest absolute Gasteiger partial charge is 0.447 e. The molecule has 6 nitrogen and oxygen atoms in total. The Balaban J connectivity index is 2.77. The Bertz CT molecular complexity index is 508. The van der Waals surface area contributed by atoms with Gasteiger partial charge in [0.25, 0.3) is 10.0 Å². The van der Waals surface area contributed by atoms with Crippen molar-refractivity contribution >= 4 is 10.0 Å². The first-order valence-electron chi connectivity index (χ1n) is 6.71. The second-order valence-electron chi connectivity index (χ2n) is 5.41. The zero-order chi connectivity index (χ0) is 15.3. The molecule has 0 aromatic carbocycles. The molecule has 0 fully saturated rings. The lowest BCUT2D eigenvalue weighted by Gasteiger charge is -2.18. The minimum Gasteiger partial charge on any atom is -0.447 e. The van der Waals surface area contributed by atoms with E-state index in [9.17, 15) is 13.5 Å². The third-order valence-electron chi connectivity index (χ3n) is 2.89. The van der Waals surface area contributed by atoms with Crippen LogP contribution in [0.1, 0.15) is 33.5 Å². The topological polar surface area (TPSA) is 91.6 Å². The maximum Gasteiger partial charge on any atom is 0.274 e. The molecule has 0 bridgehead atoms. The number of rotatable bonds is 8. The summed E-state index contributed by atoms with van der Waals surface area (Å²) in [6, 6.07) is 2.82. The van der Waals surface area contributed by atoms with Crippen LogP contribution in [0.3, 0.4) is 0 Å². The van der Waals surface area contributed by atoms with Crippen LogP contribution in [-0.4, -0.2) is 32.2 Å². The zero-order valence-electron chi connectivity index (χ0n) is 12.4. The molecule has 1 atom stereocenters. The highest BCUT2D eigenvalue weighted by atomic mass is 32.2. The molecule has 1 aromatic heterocycles. The molecule has 0 spiro atoms. The number of hydrogen-bond acceptors (Lipinski definition) is 5. The van der Waals surface area contributed by atoms with E-state index in [1.807, 2.05) is 27.7 Å². The Morgan fingerprint density at radius 1 is 1.25 bits per heavy atom. The van der Waals surface area contributed by atoms with Crippen LogP contribution >= 0.6 is 0 Å². The molecule has 1 rings (SSSR count). The van der Waals surface area contributed by atoms with E-state index in [0.29, 0.717) is 12.3 Å². The van der Waals surface area contributed by atoms with E-state index < -0.39 is 16.1 Å². The third-order valence-corrected chi connectivity index (χ3v) is 4.26. The van der Waals surface area contributed by atoms with E-state index in [4.69, 9.17) is 4.42 Å². The molecule has 0 aliphatic carbocycles. The molecule has 1 heterocycles. The van der Waals surface area contributed by atoms with Crippen molar-refractivity contribution in [2.75, 3.05) is 6.61 Å². The van der Waals surface area contributed by atoms with E-state index in [1.54, 1.807) is 6.07 Å². The van der Waals surface area contributed by atoms with Crippen molar-refractivity contribution in [3.05, 3.63) is 17.9 Å². The molecule has 116 valence electrons. The first-order valence-corrected chi connectivity index (χ1v) is 8.20. The first kappa shape index (κ1) is 17.2. The van der Waals surface area contributed by atoms with E-state index in [-0.39, 0.29) is 23.7 Å². The third kappa shape index (κ3) is 4.90. The number of sulfonamides is 1. The van der Waals surface area contributed by atoms with Crippen LogP contribution in [0, 0.1) is 5.92 Å². The summed E-state index contributed by atoms with van der Waals surface area (Å²) in [5, 5.41) is 12.2. The van der Waals surface area contributed by atoms with Gasteiger partial charge in [0.15, 0.2) is 0 Å². The van der Waals surface area contributed by atoms with Gasteiger partial charge in [0.2, 0.25) is 5.09 Å². The predicted molar refractivity (Wildman–Crippen MR) is 76.7 cm³/mol. The summed E-state index contributed by atoms with van der Waals surface area (Å²) in [6.45, 7) is 7.89. The van der Waals surface area contributed by atoms with Crippen molar-refractivity contribution in [3.8, 4) is 0 Å². The molecule has 7 heteroatoms. The summed E-state index contributed by atoms with van der Waals surface area (Å²) in [4.78, 5) is 0. The maximum absolute atomic E-state index is 12.1. The van der Waals surface area contributed by atoms with Crippen LogP contribution < -0.4 is 10.0 Å². The molecule has 0 radical (unpaired) electrons. The standard InChI is InChI=1S/C13H24N2O4S/c1-9(2)12(8-16)15-20(17,18)13-6-5-11(19-13)7-14-10(3)4/h5-6,9-10,12,14-16H,7-8H2,1-4H3. The maximum atomic E-state index is 12.1. The van der Waals surface area contributed by atoms with Gasteiger partial charge in [0.05, 0.1) is 13.2 Å². The van der Waals surface area contributed by atoms with Crippen molar-refractivity contribution in [1.29, 1.82) is 0 Å². The Morgan fingerprint density at radius 2 is 1.90 bits per heavy atom. The highest BCUT2D eigenvalue weighted by molar-refractivity contribution is 7.89. The van der Waals surface area contributed by atoms with Gasteiger partial charge in [-0.25, -0.2) is 13.1 Å². The summed E-state index contributed by atoms with van der Waals surface area (Å²) in [5.41, 5.74) is 0. The first-order chi connectivity index (χ1) is 9.26. The zero-order valence-corrected chi connectivity index (χ0v) is 13.2. The smallest absolute Gasteiger partial charge is 0.274 e. The van der Waals surface area contributed by atoms with Crippen LogP contribution in [0.4, 0.5) is 0 Å². The van der Waals surface area contributed by atoms with Gasteiger partial charge in [-0.2, -0.15) is 0 Å². The Kier molecular flexibility index (Phi) is 6.19. The molecule has 0 amide bonds. The Morgan fingerprint density at radius 3 is 2.40 bits per heavy atom. The molecule has 1 unspecified atom stereocenters. The summed E-state index contributed by atoms with van der Waals surface area (Å²) >= 11 is 0. The predicted octanol–water partition coefficient (Wildman–Crippen LogP) is 1.07. The summed E-state index contributed by atoms with van der Waals surface area (Å²) in [6.07, 6.45) is 0. The van der Waals surface area contributed by atoms with Crippen LogP contribution in [0.15, 0.2) is 21.6 Å². The molecule has 20 heavy (non-hydrogen) atoms. The Hall–Kier alpha value is -0.890. The number of nitrogens with one attached hydrogen (secondary N) is 2. The van der Waals surface area contributed by atoms with Crippen LogP contribution in [0.2, 0.25) is 0 Å². The Labute approximate surface area is 120 Å². The van der Waals surface area contributed by atoms with Crippen LogP contribution in [-0.2, 0) is 16.6 Å². The van der Waals surface area contributed by atoms with Gasteiger partial charge in [-0.05, 0) is 18.1 Å². The van der Waals surface area contributed by atoms with Gasteiger partial charge >= 0.3 is 0 Å². The second-order valence-corrected chi connectivity index (χ2v) is 7.06. The van der Waals surface area contributed by atoms with Gasteiger partial charge in [-0.1, -0.05) is 27.7 Å². The molecule has 1 aromatic rings. The van der Waals surface area contributed by atoms with E-state index in [1.165, 1.54) is 6.07 Å². The number of aliphatic hydroxyl groups excluding tert-OH is 1. The summed E-state index contributed by atoms with van der Waals surface area (Å²) in [5.74, 6) is 0.552. The summed E-state index contributed by atoms with van der Waals surface area (Å²) in [7, 11) is -3.74. The van der Waals surface area contributed by atoms with Crippen molar-refractivity contribution in [3.63, 3.8) is 0 Å². The average molecular weight is 304 g/mol. The molecule has 3 N–H and O–H groups in total. The monoisotopic (exact) mass is 304 g/mol. The highest BCUT2D eigenvalue weighted by Gasteiger charge is 2.24. The fourth-order valence-electron chi connectivity index (χ4n) is 1.54. The van der Waals surface area contributed by atoms with Gasteiger partial charge in [-0.3, -0.25) is 0 Å². The molecule has 0 saturated heterocycles. The highest BCUT2D eigenvalue weighted by Crippen LogP contribution is 2.15. The van der Waals surface area contributed by atoms with E-state index >= 15 is 0 Å². The normalized spacial score (nSPS) is 14.2. The second kappa shape index (κ2) is 7.21. The molecule has 0 saturated carbocycles. The minimum absolute atomic E-state index is 0.00758. The fourth-order valence-corrected chi connectivity index (χ4v) is 2.87. The molecule has 0 aliphatic heterocycles. The number of hydrogen-bond donors (Lipinski definition) is 3. The lowest BCUT2D eigenvalue weighted by Crippen LogP contribution is -2.40. The quantitative estimate of drug-likeness (QED) is 0.668. The molecular weight excluding hydrogens is 280 g/mol. The number of aliphatic hydroxyl groups is 1. The van der Waals surface area contributed by atoms with Crippen molar-refractivity contribution in [1.82, 2.24) is 10.0 Å². The minimum atomic E-state index is -3.74. The van der Waals surface area contributed by atoms with E-state index in [2.05, 4.69) is 10.0 Å². The van der Waals surface area contributed by atoms with Crippen molar-refractivity contribution in [2.24, 2.45) is 5.92 Å². The lowest BCUT2D eigenvalue weighted by molar-refractivity contribution is 0.227. The summed E-state index contributed by atoms with van der Waals surface area (Å²) < 4.78 is 32.0. The van der Waals surface area contributed by atoms with E-state index in [0.717, 1.165) is 0 Å². The lowest BCUT2D eigenvalue weighted by atomic mass is 10.1. The van der Waals surface area contributed by atoms with Crippen molar-refractivity contribution < 1.29 is 17.9 Å². The van der Waals surface area contributed by atoms with Crippen molar-refractivity contribution in [2.45, 2.75) is 51.4 Å². The van der Waals surface area contributed by atoms with Crippen LogP contribution in [0.5, 0.6) is 0 Å². The average Bonchev–Trinajstić information content (AvgIpc) is 2.82. The van der Waals surface area contributed by atoms with Gasteiger partial charge < -0.3 is 14.8 Å².